The van der Waals surface area contributed by atoms with Crippen molar-refractivity contribution in [3.63, 3.8) is 0 Å². The first kappa shape index (κ1) is 12.8. The van der Waals surface area contributed by atoms with Gasteiger partial charge in [-0.3, -0.25) is 0 Å². The highest BCUT2D eigenvalue weighted by Crippen LogP contribution is 2.42. The Kier molecular flexibility index (Phi) is 3.61. The van der Waals surface area contributed by atoms with Gasteiger partial charge in [-0.2, -0.15) is 11.8 Å². The van der Waals surface area contributed by atoms with Crippen molar-refractivity contribution in [1.82, 2.24) is 5.32 Å². The van der Waals surface area contributed by atoms with Crippen molar-refractivity contribution < 1.29 is 0 Å². The van der Waals surface area contributed by atoms with Crippen LogP contribution in [0.1, 0.15) is 30.4 Å². The van der Waals surface area contributed by atoms with Gasteiger partial charge in [-0.1, -0.05) is 24.1 Å². The van der Waals surface area contributed by atoms with E-state index in [1.165, 1.54) is 36.9 Å². The minimum atomic E-state index is 0.534. The summed E-state index contributed by atoms with van der Waals surface area (Å²) in [7, 11) is 0. The van der Waals surface area contributed by atoms with Crippen LogP contribution in [0.3, 0.4) is 0 Å². The molecular formula is C15H20ClNS. The van der Waals surface area contributed by atoms with E-state index in [9.17, 15) is 0 Å². The lowest BCUT2D eigenvalue weighted by atomic mass is 9.84. The molecule has 98 valence electrons. The quantitative estimate of drug-likeness (QED) is 0.903. The van der Waals surface area contributed by atoms with E-state index in [4.69, 9.17) is 11.6 Å². The third-order valence-corrected chi connectivity index (χ3v) is 6.17. The average Bonchev–Trinajstić information content (AvgIpc) is 2.70. The first-order valence-corrected chi connectivity index (χ1v) is 8.37. The van der Waals surface area contributed by atoms with Crippen LogP contribution in [0.15, 0.2) is 18.2 Å². The highest BCUT2D eigenvalue weighted by Gasteiger charge is 2.36. The summed E-state index contributed by atoms with van der Waals surface area (Å²) in [5, 5.41) is 4.65. The molecule has 0 radical (unpaired) electrons. The Labute approximate surface area is 119 Å². The fraction of sp³-hybridized carbons (Fsp3) is 0.600. The molecule has 1 saturated carbocycles. The Morgan fingerprint density at radius 3 is 2.78 bits per heavy atom. The second kappa shape index (κ2) is 5.07. The molecule has 18 heavy (non-hydrogen) atoms. The molecule has 1 nitrogen and oxygen atoms in total. The van der Waals surface area contributed by atoms with Crippen LogP contribution in [-0.4, -0.2) is 23.6 Å². The van der Waals surface area contributed by atoms with Crippen molar-refractivity contribution in [2.45, 2.75) is 42.9 Å². The van der Waals surface area contributed by atoms with Gasteiger partial charge in [0, 0.05) is 22.4 Å². The minimum Gasteiger partial charge on any atom is -0.312 e. The maximum absolute atomic E-state index is 6.05. The summed E-state index contributed by atoms with van der Waals surface area (Å²) in [6.45, 7) is 1.17. The Bertz CT molecular complexity index is 437. The van der Waals surface area contributed by atoms with Gasteiger partial charge >= 0.3 is 0 Å². The molecule has 1 aromatic carbocycles. The molecule has 0 amide bonds. The van der Waals surface area contributed by atoms with E-state index in [2.05, 4.69) is 23.7 Å². The van der Waals surface area contributed by atoms with Gasteiger partial charge in [0.2, 0.25) is 0 Å². The number of benzene rings is 1. The van der Waals surface area contributed by atoms with Crippen LogP contribution in [0.25, 0.3) is 0 Å². The van der Waals surface area contributed by atoms with Crippen molar-refractivity contribution in [2.24, 2.45) is 0 Å². The predicted molar refractivity (Wildman–Crippen MR) is 80.7 cm³/mol. The van der Waals surface area contributed by atoms with Gasteiger partial charge in [-0.15, -0.1) is 0 Å². The normalized spacial score (nSPS) is 24.7. The van der Waals surface area contributed by atoms with Gasteiger partial charge in [-0.05, 0) is 55.2 Å². The summed E-state index contributed by atoms with van der Waals surface area (Å²) in [5.41, 5.74) is 2.91. The second-order valence-corrected chi connectivity index (χ2v) is 7.35. The van der Waals surface area contributed by atoms with E-state index < -0.39 is 0 Å². The Morgan fingerprint density at radius 1 is 1.33 bits per heavy atom. The predicted octanol–water partition coefficient (Wildman–Crippen LogP) is 3.68. The summed E-state index contributed by atoms with van der Waals surface area (Å²) in [4.78, 5) is 0. The summed E-state index contributed by atoms with van der Waals surface area (Å²) < 4.78 is 0.534. The van der Waals surface area contributed by atoms with Gasteiger partial charge in [0.05, 0.1) is 0 Å². The Hall–Kier alpha value is -0.180. The first-order chi connectivity index (χ1) is 8.71. The molecule has 0 saturated heterocycles. The number of rotatable bonds is 4. The van der Waals surface area contributed by atoms with E-state index in [1.807, 2.05) is 17.8 Å². The van der Waals surface area contributed by atoms with Gasteiger partial charge in [0.1, 0.15) is 0 Å². The van der Waals surface area contributed by atoms with Crippen LogP contribution < -0.4 is 5.32 Å². The van der Waals surface area contributed by atoms with Crippen molar-refractivity contribution in [3.05, 3.63) is 34.3 Å². The molecular weight excluding hydrogens is 262 g/mol. The summed E-state index contributed by atoms with van der Waals surface area (Å²) in [6.07, 6.45) is 8.73. The molecule has 0 spiro atoms. The summed E-state index contributed by atoms with van der Waals surface area (Å²) in [6, 6.07) is 6.94. The van der Waals surface area contributed by atoms with Crippen LogP contribution in [0.4, 0.5) is 0 Å². The zero-order chi connectivity index (χ0) is 12.6. The largest absolute Gasteiger partial charge is 0.312 e. The van der Waals surface area contributed by atoms with Gasteiger partial charge in [-0.25, -0.2) is 0 Å². The van der Waals surface area contributed by atoms with Gasteiger partial charge in [0.25, 0.3) is 0 Å². The van der Waals surface area contributed by atoms with Crippen LogP contribution in [0, 0.1) is 0 Å². The second-order valence-electron chi connectivity index (χ2n) is 5.64. The minimum absolute atomic E-state index is 0.534. The van der Waals surface area contributed by atoms with Gasteiger partial charge in [0.15, 0.2) is 0 Å². The van der Waals surface area contributed by atoms with Crippen LogP contribution in [0.2, 0.25) is 5.02 Å². The maximum atomic E-state index is 6.05. The first-order valence-electron chi connectivity index (χ1n) is 6.77. The summed E-state index contributed by atoms with van der Waals surface area (Å²) in [5.74, 6) is 0. The highest BCUT2D eigenvalue weighted by atomic mass is 35.5. The number of hydrogen-bond acceptors (Lipinski definition) is 2. The molecule has 3 rings (SSSR count). The molecule has 1 N–H and O–H groups in total. The number of hydrogen-bond donors (Lipinski definition) is 1. The van der Waals surface area contributed by atoms with Crippen molar-refractivity contribution in [2.75, 3.05) is 12.8 Å². The molecule has 1 aromatic rings. The van der Waals surface area contributed by atoms with Gasteiger partial charge < -0.3 is 5.32 Å². The monoisotopic (exact) mass is 281 g/mol. The smallest absolute Gasteiger partial charge is 0.0408 e. The lowest BCUT2D eigenvalue weighted by Gasteiger charge is -2.41. The fourth-order valence-corrected chi connectivity index (χ4v) is 4.20. The summed E-state index contributed by atoms with van der Waals surface area (Å²) >= 11 is 8.10. The van der Waals surface area contributed by atoms with Crippen molar-refractivity contribution >= 4 is 23.4 Å². The zero-order valence-corrected chi connectivity index (χ0v) is 12.4. The Morgan fingerprint density at radius 2 is 2.11 bits per heavy atom. The van der Waals surface area contributed by atoms with Crippen molar-refractivity contribution in [3.8, 4) is 0 Å². The van der Waals surface area contributed by atoms with Crippen molar-refractivity contribution in [1.29, 1.82) is 0 Å². The molecule has 3 heteroatoms. The number of thioether (sulfide) groups is 1. The molecule has 2 aliphatic carbocycles. The molecule has 0 aromatic heterocycles. The highest BCUT2D eigenvalue weighted by molar-refractivity contribution is 8.00. The zero-order valence-electron chi connectivity index (χ0n) is 10.8. The van der Waals surface area contributed by atoms with Crippen LogP contribution in [0.5, 0.6) is 0 Å². The van der Waals surface area contributed by atoms with E-state index in [-0.39, 0.29) is 0 Å². The molecule has 2 aliphatic rings. The number of fused-ring (bicyclic) bond motifs is 1. The molecule has 1 fully saturated rings. The molecule has 0 aliphatic heterocycles. The molecule has 0 heterocycles. The third kappa shape index (κ3) is 2.43. The maximum Gasteiger partial charge on any atom is 0.0408 e. The third-order valence-electron chi connectivity index (χ3n) is 4.51. The van der Waals surface area contributed by atoms with E-state index >= 15 is 0 Å². The number of nitrogens with one attached hydrogen (secondary N) is 1. The Balaban J connectivity index is 1.58. The molecule has 1 unspecified atom stereocenters. The molecule has 0 bridgehead atoms. The number of halogens is 1. The van der Waals surface area contributed by atoms with E-state index in [0.717, 1.165) is 17.9 Å². The molecule has 1 atom stereocenters. The average molecular weight is 282 g/mol. The standard InChI is InChI=1S/C15H20ClNS/c1-18-15(5-2-6-15)10-17-14-8-11-3-4-13(16)7-12(11)9-14/h3-4,7,14,17H,2,5-6,8-10H2,1H3. The van der Waals surface area contributed by atoms with E-state index in [0.29, 0.717) is 10.8 Å². The van der Waals surface area contributed by atoms with Crippen LogP contribution in [-0.2, 0) is 12.8 Å². The SMILES string of the molecule is CSC1(CNC2Cc3ccc(Cl)cc3C2)CCC1. The lowest BCUT2D eigenvalue weighted by molar-refractivity contribution is 0.331. The lowest BCUT2D eigenvalue weighted by Crippen LogP contribution is -2.46. The van der Waals surface area contributed by atoms with Crippen LogP contribution >= 0.6 is 23.4 Å². The fourth-order valence-electron chi connectivity index (χ4n) is 3.09. The topological polar surface area (TPSA) is 12.0 Å². The van der Waals surface area contributed by atoms with E-state index in [1.54, 1.807) is 0 Å².